The number of fused-ring (bicyclic) bond motifs is 2. The van der Waals surface area contributed by atoms with Crippen LogP contribution >= 0.6 is 0 Å². The molecule has 2 saturated heterocycles. The molecule has 2 aliphatic rings. The summed E-state index contributed by atoms with van der Waals surface area (Å²) >= 11 is 0. The fourth-order valence-electron chi connectivity index (χ4n) is 3.79. The number of carbonyl (C=O) groups is 1. The summed E-state index contributed by atoms with van der Waals surface area (Å²) in [6, 6.07) is 11.8. The van der Waals surface area contributed by atoms with Crippen LogP contribution in [0.1, 0.15) is 52.0 Å². The lowest BCUT2D eigenvalue weighted by atomic mass is 9.98. The number of piperidine rings is 1. The number of ether oxygens (including phenoxy) is 1. The lowest BCUT2D eigenvalue weighted by Crippen LogP contribution is -2.56. The standard InChI is InChI=1S/C19H29N3O2/c1-19(2,3)24-18(23)21-22-16-9-10-17(22)12-15(11-16)20-13-14-7-5-4-6-8-14/h4-8,15-17,20H,9-13H2,1-3H3,(H,21,23). The molecule has 2 heterocycles. The molecule has 2 aliphatic heterocycles. The van der Waals surface area contributed by atoms with Gasteiger partial charge in [0.15, 0.2) is 0 Å². The molecule has 3 rings (SSSR count). The van der Waals surface area contributed by atoms with E-state index in [1.165, 1.54) is 5.56 Å². The molecule has 1 amide bonds. The zero-order valence-electron chi connectivity index (χ0n) is 14.9. The summed E-state index contributed by atoms with van der Waals surface area (Å²) in [7, 11) is 0. The smallest absolute Gasteiger partial charge is 0.422 e. The van der Waals surface area contributed by atoms with Crippen molar-refractivity contribution in [2.75, 3.05) is 0 Å². The number of carbonyl (C=O) groups excluding carboxylic acids is 1. The molecule has 2 N–H and O–H groups in total. The average Bonchev–Trinajstić information content (AvgIpc) is 2.75. The first kappa shape index (κ1) is 17.2. The van der Waals surface area contributed by atoms with Crippen molar-refractivity contribution in [2.45, 2.75) is 76.7 Å². The van der Waals surface area contributed by atoms with E-state index in [-0.39, 0.29) is 6.09 Å². The van der Waals surface area contributed by atoms with Gasteiger partial charge in [0.05, 0.1) is 0 Å². The Hall–Kier alpha value is -1.59. The van der Waals surface area contributed by atoms with Crippen molar-refractivity contribution < 1.29 is 9.53 Å². The maximum Gasteiger partial charge on any atom is 0.422 e. The highest BCUT2D eigenvalue weighted by atomic mass is 16.6. The number of nitrogens with zero attached hydrogens (tertiary/aromatic N) is 1. The summed E-state index contributed by atoms with van der Waals surface area (Å²) in [5.41, 5.74) is 3.84. The lowest BCUT2D eigenvalue weighted by molar-refractivity contribution is 0.00962. The second-order valence-corrected chi connectivity index (χ2v) is 7.94. The van der Waals surface area contributed by atoms with Crippen LogP contribution in [0.4, 0.5) is 4.79 Å². The molecule has 5 nitrogen and oxygen atoms in total. The van der Waals surface area contributed by atoms with E-state index in [4.69, 9.17) is 4.74 Å². The number of hydrogen-bond acceptors (Lipinski definition) is 4. The van der Waals surface area contributed by atoms with Gasteiger partial charge in [-0.1, -0.05) is 30.3 Å². The van der Waals surface area contributed by atoms with Crippen LogP contribution in [-0.4, -0.2) is 34.8 Å². The number of hydrazine groups is 1. The van der Waals surface area contributed by atoms with Crippen LogP contribution in [0.3, 0.4) is 0 Å². The Labute approximate surface area is 144 Å². The Morgan fingerprint density at radius 1 is 1.17 bits per heavy atom. The van der Waals surface area contributed by atoms with Crippen molar-refractivity contribution in [1.29, 1.82) is 0 Å². The molecule has 24 heavy (non-hydrogen) atoms. The number of amides is 1. The second-order valence-electron chi connectivity index (χ2n) is 7.94. The van der Waals surface area contributed by atoms with Crippen molar-refractivity contribution in [3.8, 4) is 0 Å². The number of hydrogen-bond donors (Lipinski definition) is 2. The molecule has 0 aromatic heterocycles. The molecule has 0 spiro atoms. The third kappa shape index (κ3) is 4.48. The largest absolute Gasteiger partial charge is 0.443 e. The molecule has 1 aromatic carbocycles. The van der Waals surface area contributed by atoms with Gasteiger partial charge in [0.2, 0.25) is 0 Å². The summed E-state index contributed by atoms with van der Waals surface area (Å²) in [5.74, 6) is 0. The SMILES string of the molecule is CC(C)(C)OC(=O)NN1C2CCC1CC(NCc1ccccc1)C2. The molecule has 2 bridgehead atoms. The van der Waals surface area contributed by atoms with E-state index in [1.54, 1.807) is 0 Å². The van der Waals surface area contributed by atoms with Crippen LogP contribution in [0.25, 0.3) is 0 Å². The van der Waals surface area contributed by atoms with E-state index in [0.29, 0.717) is 18.1 Å². The molecule has 2 unspecified atom stereocenters. The Morgan fingerprint density at radius 2 is 1.79 bits per heavy atom. The van der Waals surface area contributed by atoms with Crippen LogP contribution in [0.5, 0.6) is 0 Å². The molecular formula is C19H29N3O2. The fourth-order valence-corrected chi connectivity index (χ4v) is 3.79. The minimum absolute atomic E-state index is 0.338. The summed E-state index contributed by atoms with van der Waals surface area (Å²) in [6.07, 6.45) is 4.08. The van der Waals surface area contributed by atoms with Crippen LogP contribution in [0.15, 0.2) is 30.3 Å². The Kier molecular flexibility index (Phi) is 5.11. The summed E-state index contributed by atoms with van der Waals surface area (Å²) in [5, 5.41) is 5.81. The highest BCUT2D eigenvalue weighted by Crippen LogP contribution is 2.34. The van der Waals surface area contributed by atoms with Gasteiger partial charge >= 0.3 is 6.09 Å². The van der Waals surface area contributed by atoms with Gasteiger partial charge in [-0.15, -0.1) is 0 Å². The molecule has 5 heteroatoms. The fraction of sp³-hybridized carbons (Fsp3) is 0.632. The lowest BCUT2D eigenvalue weighted by Gasteiger charge is -2.39. The van der Waals surface area contributed by atoms with Crippen molar-refractivity contribution in [2.24, 2.45) is 0 Å². The minimum atomic E-state index is -0.460. The van der Waals surface area contributed by atoms with Crippen LogP contribution in [0.2, 0.25) is 0 Å². The van der Waals surface area contributed by atoms with E-state index in [9.17, 15) is 4.79 Å². The third-order valence-corrected chi connectivity index (χ3v) is 4.79. The van der Waals surface area contributed by atoms with Crippen molar-refractivity contribution in [3.63, 3.8) is 0 Å². The van der Waals surface area contributed by atoms with E-state index in [1.807, 2.05) is 26.8 Å². The molecule has 0 aliphatic carbocycles. The first-order valence-corrected chi connectivity index (χ1v) is 8.96. The molecule has 0 radical (unpaired) electrons. The normalized spacial score (nSPS) is 27.0. The Morgan fingerprint density at radius 3 is 2.38 bits per heavy atom. The van der Waals surface area contributed by atoms with Crippen molar-refractivity contribution in [3.05, 3.63) is 35.9 Å². The topological polar surface area (TPSA) is 53.6 Å². The van der Waals surface area contributed by atoms with Gasteiger partial charge in [-0.2, -0.15) is 0 Å². The van der Waals surface area contributed by atoms with Gasteiger partial charge in [0, 0.05) is 24.7 Å². The quantitative estimate of drug-likeness (QED) is 0.889. The van der Waals surface area contributed by atoms with E-state index >= 15 is 0 Å². The zero-order chi connectivity index (χ0) is 17.2. The molecular weight excluding hydrogens is 302 g/mol. The van der Waals surface area contributed by atoms with E-state index < -0.39 is 5.60 Å². The molecule has 0 saturated carbocycles. The number of benzene rings is 1. The van der Waals surface area contributed by atoms with Crippen LogP contribution in [0, 0.1) is 0 Å². The Balaban J connectivity index is 1.50. The molecule has 1 aromatic rings. The predicted molar refractivity (Wildman–Crippen MR) is 94.3 cm³/mol. The molecule has 2 atom stereocenters. The van der Waals surface area contributed by atoms with Gasteiger partial charge < -0.3 is 10.1 Å². The van der Waals surface area contributed by atoms with Gasteiger partial charge in [-0.25, -0.2) is 9.80 Å². The van der Waals surface area contributed by atoms with Crippen LogP contribution < -0.4 is 10.7 Å². The monoisotopic (exact) mass is 331 g/mol. The first-order valence-electron chi connectivity index (χ1n) is 8.96. The minimum Gasteiger partial charge on any atom is -0.443 e. The molecule has 2 fully saturated rings. The number of nitrogens with one attached hydrogen (secondary N) is 2. The zero-order valence-corrected chi connectivity index (χ0v) is 14.9. The van der Waals surface area contributed by atoms with Gasteiger partial charge in [0.1, 0.15) is 5.60 Å². The van der Waals surface area contributed by atoms with Gasteiger partial charge in [-0.05, 0) is 52.0 Å². The average molecular weight is 331 g/mol. The predicted octanol–water partition coefficient (Wildman–Crippen LogP) is 3.21. The van der Waals surface area contributed by atoms with Crippen LogP contribution in [-0.2, 0) is 11.3 Å². The van der Waals surface area contributed by atoms with E-state index in [2.05, 4.69) is 40.0 Å². The van der Waals surface area contributed by atoms with Gasteiger partial charge in [0.25, 0.3) is 0 Å². The summed E-state index contributed by atoms with van der Waals surface area (Å²) in [4.78, 5) is 12.0. The summed E-state index contributed by atoms with van der Waals surface area (Å²) < 4.78 is 5.39. The van der Waals surface area contributed by atoms with Crippen molar-refractivity contribution >= 4 is 6.09 Å². The first-order chi connectivity index (χ1) is 11.4. The Bertz CT molecular complexity index is 541. The van der Waals surface area contributed by atoms with Crippen molar-refractivity contribution in [1.82, 2.24) is 15.8 Å². The highest BCUT2D eigenvalue weighted by Gasteiger charge is 2.41. The maximum atomic E-state index is 12.0. The third-order valence-electron chi connectivity index (χ3n) is 4.79. The second kappa shape index (κ2) is 7.11. The van der Waals surface area contributed by atoms with E-state index in [0.717, 1.165) is 32.2 Å². The number of rotatable bonds is 4. The highest BCUT2D eigenvalue weighted by molar-refractivity contribution is 5.67. The van der Waals surface area contributed by atoms with Gasteiger partial charge in [-0.3, -0.25) is 5.43 Å². The summed E-state index contributed by atoms with van der Waals surface area (Å²) in [6.45, 7) is 6.58. The maximum absolute atomic E-state index is 12.0. The molecule has 132 valence electrons.